The molecule has 5 heteroatoms. The quantitative estimate of drug-likeness (QED) is 0.881. The van der Waals surface area contributed by atoms with Crippen LogP contribution in [0, 0.1) is 12.8 Å². The number of nitrogens with zero attached hydrogens (tertiary/aromatic N) is 3. The molecule has 0 bridgehead atoms. The maximum absolute atomic E-state index is 11.0. The largest absolute Gasteiger partial charge is 0.478 e. The van der Waals surface area contributed by atoms with E-state index in [4.69, 9.17) is 5.11 Å². The fourth-order valence-electron chi connectivity index (χ4n) is 1.79. The van der Waals surface area contributed by atoms with Crippen LogP contribution < -0.4 is 0 Å². The first-order valence-corrected chi connectivity index (χ1v) is 5.55. The zero-order valence-corrected chi connectivity index (χ0v) is 10.1. The monoisotopic (exact) mass is 233 g/mol. The first-order valence-electron chi connectivity index (χ1n) is 5.55. The average molecular weight is 233 g/mol. The number of aryl methyl sites for hydroxylation is 1. The topological polar surface area (TPSA) is 68.0 Å². The number of aromatic carboxylic acids is 1. The van der Waals surface area contributed by atoms with E-state index in [1.807, 2.05) is 4.68 Å². The molecular formula is C12H15N3O2. The molecular weight excluding hydrogens is 218 g/mol. The summed E-state index contributed by atoms with van der Waals surface area (Å²) in [6.45, 7) is 6.69. The van der Waals surface area contributed by atoms with Gasteiger partial charge in [-0.2, -0.15) is 5.10 Å². The van der Waals surface area contributed by atoms with Crippen LogP contribution in [-0.2, 0) is 6.54 Å². The summed E-state index contributed by atoms with van der Waals surface area (Å²) in [5.41, 5.74) is 1.51. The third-order valence-electron chi connectivity index (χ3n) is 2.57. The van der Waals surface area contributed by atoms with Crippen molar-refractivity contribution in [1.29, 1.82) is 0 Å². The third kappa shape index (κ3) is 2.13. The Hall–Kier alpha value is -1.91. The van der Waals surface area contributed by atoms with Crippen LogP contribution in [-0.4, -0.2) is 25.8 Å². The molecule has 0 saturated carbocycles. The Balaban J connectivity index is 2.56. The number of aromatic nitrogens is 3. The molecule has 0 aromatic carbocycles. The van der Waals surface area contributed by atoms with Gasteiger partial charge in [-0.25, -0.2) is 14.5 Å². The molecule has 0 radical (unpaired) electrons. The highest BCUT2D eigenvalue weighted by Gasteiger charge is 2.13. The number of pyridine rings is 1. The summed E-state index contributed by atoms with van der Waals surface area (Å²) >= 11 is 0. The number of rotatable bonds is 3. The molecule has 90 valence electrons. The van der Waals surface area contributed by atoms with Gasteiger partial charge in [0, 0.05) is 11.9 Å². The van der Waals surface area contributed by atoms with Crippen molar-refractivity contribution in [2.24, 2.45) is 5.92 Å². The molecule has 2 aromatic rings. The lowest BCUT2D eigenvalue weighted by Crippen LogP contribution is -2.08. The molecule has 2 rings (SSSR count). The molecule has 2 aromatic heterocycles. The van der Waals surface area contributed by atoms with E-state index in [2.05, 4.69) is 23.9 Å². The van der Waals surface area contributed by atoms with Gasteiger partial charge in [-0.1, -0.05) is 13.8 Å². The summed E-state index contributed by atoms with van der Waals surface area (Å²) in [5.74, 6) is -0.479. The Morgan fingerprint density at radius 1 is 1.53 bits per heavy atom. The lowest BCUT2D eigenvalue weighted by molar-refractivity contribution is 0.0696. The molecule has 0 aliphatic heterocycles. The maximum Gasteiger partial charge on any atom is 0.337 e. The lowest BCUT2D eigenvalue weighted by Gasteiger charge is -2.06. The van der Waals surface area contributed by atoms with E-state index < -0.39 is 5.97 Å². The fourth-order valence-corrected chi connectivity index (χ4v) is 1.79. The minimum absolute atomic E-state index is 0.238. The van der Waals surface area contributed by atoms with Crippen LogP contribution in [0.5, 0.6) is 0 Å². The van der Waals surface area contributed by atoms with Crippen LogP contribution in [0.3, 0.4) is 0 Å². The third-order valence-corrected chi connectivity index (χ3v) is 2.57. The number of carboxylic acids is 1. The van der Waals surface area contributed by atoms with Gasteiger partial charge in [-0.05, 0) is 18.9 Å². The SMILES string of the molecule is Cc1nc2c(cnn2CC(C)C)cc1C(=O)O. The first-order chi connectivity index (χ1) is 7.99. The second kappa shape index (κ2) is 4.16. The highest BCUT2D eigenvalue weighted by molar-refractivity contribution is 5.93. The smallest absolute Gasteiger partial charge is 0.337 e. The van der Waals surface area contributed by atoms with Crippen LogP contribution in [0.2, 0.25) is 0 Å². The second-order valence-corrected chi connectivity index (χ2v) is 4.56. The van der Waals surface area contributed by atoms with E-state index >= 15 is 0 Å². The van der Waals surface area contributed by atoms with E-state index in [9.17, 15) is 4.79 Å². The molecule has 0 aliphatic carbocycles. The average Bonchev–Trinajstić information content (AvgIpc) is 2.59. The summed E-state index contributed by atoms with van der Waals surface area (Å²) in [7, 11) is 0. The standard InChI is InChI=1S/C12H15N3O2/c1-7(2)6-15-11-9(5-13-15)4-10(12(16)17)8(3)14-11/h4-5,7H,6H2,1-3H3,(H,16,17). The van der Waals surface area contributed by atoms with Crippen molar-refractivity contribution in [3.05, 3.63) is 23.5 Å². The summed E-state index contributed by atoms with van der Waals surface area (Å²) in [6.07, 6.45) is 1.66. The normalized spacial score (nSPS) is 11.3. The summed E-state index contributed by atoms with van der Waals surface area (Å²) in [6, 6.07) is 1.63. The Morgan fingerprint density at radius 3 is 2.82 bits per heavy atom. The molecule has 0 saturated heterocycles. The van der Waals surface area contributed by atoms with Gasteiger partial charge in [0.15, 0.2) is 5.65 Å². The van der Waals surface area contributed by atoms with Crippen molar-refractivity contribution in [3.8, 4) is 0 Å². The van der Waals surface area contributed by atoms with Crippen LogP contribution >= 0.6 is 0 Å². The van der Waals surface area contributed by atoms with Crippen LogP contribution in [0.1, 0.15) is 29.9 Å². The molecule has 0 amide bonds. The number of hydrogen-bond acceptors (Lipinski definition) is 3. The minimum Gasteiger partial charge on any atom is -0.478 e. The van der Waals surface area contributed by atoms with Gasteiger partial charge in [0.1, 0.15) is 0 Å². The van der Waals surface area contributed by atoms with E-state index in [1.165, 1.54) is 0 Å². The zero-order valence-electron chi connectivity index (χ0n) is 10.1. The van der Waals surface area contributed by atoms with Crippen LogP contribution in [0.15, 0.2) is 12.3 Å². The molecule has 0 unspecified atom stereocenters. The Bertz CT molecular complexity index is 572. The van der Waals surface area contributed by atoms with Gasteiger partial charge >= 0.3 is 5.97 Å². The van der Waals surface area contributed by atoms with Crippen molar-refractivity contribution in [1.82, 2.24) is 14.8 Å². The predicted molar refractivity (Wildman–Crippen MR) is 64.1 cm³/mol. The molecule has 17 heavy (non-hydrogen) atoms. The van der Waals surface area contributed by atoms with Gasteiger partial charge in [0.2, 0.25) is 0 Å². The number of fused-ring (bicyclic) bond motifs is 1. The molecule has 0 fully saturated rings. The highest BCUT2D eigenvalue weighted by atomic mass is 16.4. The Morgan fingerprint density at radius 2 is 2.24 bits per heavy atom. The van der Waals surface area contributed by atoms with Gasteiger partial charge in [-0.15, -0.1) is 0 Å². The van der Waals surface area contributed by atoms with Crippen molar-refractivity contribution in [3.63, 3.8) is 0 Å². The number of carboxylic acid groups (broad SMARTS) is 1. The van der Waals surface area contributed by atoms with Gasteiger partial charge in [0.05, 0.1) is 17.5 Å². The number of carbonyl (C=O) groups is 1. The molecule has 0 atom stereocenters. The van der Waals surface area contributed by atoms with E-state index in [0.717, 1.165) is 17.6 Å². The summed E-state index contributed by atoms with van der Waals surface area (Å²) < 4.78 is 1.82. The lowest BCUT2D eigenvalue weighted by atomic mass is 10.2. The van der Waals surface area contributed by atoms with E-state index in [1.54, 1.807) is 19.2 Å². The van der Waals surface area contributed by atoms with Crippen LogP contribution in [0.4, 0.5) is 0 Å². The fraction of sp³-hybridized carbons (Fsp3) is 0.417. The zero-order chi connectivity index (χ0) is 12.6. The molecule has 2 heterocycles. The molecule has 0 aliphatic rings. The van der Waals surface area contributed by atoms with Crippen molar-refractivity contribution in [2.45, 2.75) is 27.3 Å². The van der Waals surface area contributed by atoms with Crippen molar-refractivity contribution in [2.75, 3.05) is 0 Å². The predicted octanol–water partition coefficient (Wildman–Crippen LogP) is 2.09. The summed E-state index contributed by atoms with van der Waals surface area (Å²) in [5, 5.41) is 14.0. The minimum atomic E-state index is -0.950. The Labute approximate surface area is 99.1 Å². The van der Waals surface area contributed by atoms with Crippen LogP contribution in [0.25, 0.3) is 11.0 Å². The van der Waals surface area contributed by atoms with Crippen molar-refractivity contribution >= 4 is 17.0 Å². The number of hydrogen-bond donors (Lipinski definition) is 1. The van der Waals surface area contributed by atoms with Crippen molar-refractivity contribution < 1.29 is 9.90 Å². The second-order valence-electron chi connectivity index (χ2n) is 4.56. The maximum atomic E-state index is 11.0. The van der Waals surface area contributed by atoms with Gasteiger partial charge in [0.25, 0.3) is 0 Å². The summed E-state index contributed by atoms with van der Waals surface area (Å²) in [4.78, 5) is 15.3. The van der Waals surface area contributed by atoms with E-state index in [-0.39, 0.29) is 5.56 Å². The molecule has 0 spiro atoms. The molecule has 5 nitrogen and oxygen atoms in total. The molecule has 1 N–H and O–H groups in total. The van der Waals surface area contributed by atoms with Gasteiger partial charge < -0.3 is 5.11 Å². The Kier molecular flexibility index (Phi) is 2.83. The van der Waals surface area contributed by atoms with E-state index in [0.29, 0.717) is 11.6 Å². The highest BCUT2D eigenvalue weighted by Crippen LogP contribution is 2.17. The van der Waals surface area contributed by atoms with Gasteiger partial charge in [-0.3, -0.25) is 0 Å². The first kappa shape index (κ1) is 11.6.